The topological polar surface area (TPSA) is 46.6 Å². The van der Waals surface area contributed by atoms with E-state index in [0.29, 0.717) is 12.5 Å². The summed E-state index contributed by atoms with van der Waals surface area (Å²) in [5.74, 6) is 0.606. The highest BCUT2D eigenvalue weighted by atomic mass is 16.6. The molecule has 1 aromatic carbocycles. The Morgan fingerprint density at radius 2 is 1.82 bits per heavy atom. The first kappa shape index (κ1) is 18.2. The van der Waals surface area contributed by atoms with Gasteiger partial charge >= 0.3 is 6.09 Å². The fourth-order valence-electron chi connectivity index (χ4n) is 2.80. The van der Waals surface area contributed by atoms with Gasteiger partial charge < -0.3 is 14.4 Å². The zero-order chi connectivity index (χ0) is 17.0. The highest BCUT2D eigenvalue weighted by Gasteiger charge is 2.53. The van der Waals surface area contributed by atoms with E-state index in [1.54, 1.807) is 4.90 Å². The van der Waals surface area contributed by atoms with Gasteiger partial charge in [0.25, 0.3) is 0 Å². The number of carbonyl (C=O) groups is 2. The number of hydrogen-bond donors (Lipinski definition) is 0. The third-order valence-corrected chi connectivity index (χ3v) is 4.03. The molecule has 0 aliphatic heterocycles. The summed E-state index contributed by atoms with van der Waals surface area (Å²) in [6.45, 7) is 10.6. The van der Waals surface area contributed by atoms with Crippen LogP contribution in [0.3, 0.4) is 0 Å². The van der Waals surface area contributed by atoms with Crippen molar-refractivity contribution in [2.75, 3.05) is 13.6 Å². The second-order valence-corrected chi connectivity index (χ2v) is 6.96. The first-order valence-electron chi connectivity index (χ1n) is 7.53. The van der Waals surface area contributed by atoms with E-state index in [-0.39, 0.29) is 11.5 Å². The summed E-state index contributed by atoms with van der Waals surface area (Å²) in [5.41, 5.74) is 0.982. The molecular weight excluding hydrogens is 278 g/mol. The molecule has 0 spiro atoms. The van der Waals surface area contributed by atoms with Crippen LogP contribution in [0.2, 0.25) is 0 Å². The number of benzene rings is 1. The van der Waals surface area contributed by atoms with Gasteiger partial charge in [-0.15, -0.1) is 0 Å². The molecule has 1 amide bonds. The number of carbonyl (C=O) groups excluding carboxylic acids is 2. The molecule has 2 rings (SSSR count). The van der Waals surface area contributed by atoms with Crippen molar-refractivity contribution in [2.24, 2.45) is 5.92 Å². The zero-order valence-corrected chi connectivity index (χ0v) is 14.3. The minimum atomic E-state index is -0.444. The fraction of sp³-hybridized carbons (Fsp3) is 0.556. The molecule has 0 heterocycles. The van der Waals surface area contributed by atoms with Crippen LogP contribution in [0.15, 0.2) is 30.3 Å². The molecule has 4 heteroatoms. The second-order valence-electron chi connectivity index (χ2n) is 6.96. The Kier molecular flexibility index (Phi) is 5.75. The van der Waals surface area contributed by atoms with Crippen LogP contribution in [-0.2, 0) is 14.9 Å². The van der Waals surface area contributed by atoms with Crippen LogP contribution in [0.25, 0.3) is 0 Å². The number of rotatable bonds is 3. The van der Waals surface area contributed by atoms with E-state index in [4.69, 9.17) is 9.53 Å². The average Bonchev–Trinajstić information content (AvgIpc) is 3.11. The predicted octanol–water partition coefficient (Wildman–Crippen LogP) is 3.65. The van der Waals surface area contributed by atoms with E-state index in [1.807, 2.05) is 40.7 Å². The minimum Gasteiger partial charge on any atom is -0.444 e. The van der Waals surface area contributed by atoms with Crippen molar-refractivity contribution < 1.29 is 14.3 Å². The van der Waals surface area contributed by atoms with Crippen molar-refractivity contribution in [2.45, 2.75) is 45.1 Å². The van der Waals surface area contributed by atoms with Crippen LogP contribution < -0.4 is 0 Å². The lowest BCUT2D eigenvalue weighted by molar-refractivity contribution is -0.0980. The van der Waals surface area contributed by atoms with E-state index < -0.39 is 5.60 Å². The summed E-state index contributed by atoms with van der Waals surface area (Å²) >= 11 is 0. The normalized spacial score (nSPS) is 23.0. The summed E-state index contributed by atoms with van der Waals surface area (Å²) in [4.78, 5) is 21.8. The first-order chi connectivity index (χ1) is 10.2. The van der Waals surface area contributed by atoms with Crippen LogP contribution in [0.1, 0.15) is 39.7 Å². The van der Waals surface area contributed by atoms with E-state index >= 15 is 0 Å². The van der Waals surface area contributed by atoms with Gasteiger partial charge in [0.15, 0.2) is 0 Å². The SMILES string of the molecule is C=O.CC1CC1(CN(C)C(=O)OC(C)(C)C)c1ccccc1. The third-order valence-electron chi connectivity index (χ3n) is 4.03. The molecule has 1 aromatic rings. The van der Waals surface area contributed by atoms with Crippen LogP contribution in [0.5, 0.6) is 0 Å². The molecule has 122 valence electrons. The quantitative estimate of drug-likeness (QED) is 0.856. The van der Waals surface area contributed by atoms with Gasteiger partial charge in [0.2, 0.25) is 0 Å². The summed E-state index contributed by atoms with van der Waals surface area (Å²) in [7, 11) is 1.82. The Morgan fingerprint density at radius 3 is 2.23 bits per heavy atom. The van der Waals surface area contributed by atoms with Crippen molar-refractivity contribution in [1.82, 2.24) is 4.90 Å². The maximum absolute atomic E-state index is 12.1. The van der Waals surface area contributed by atoms with Crippen LogP contribution in [0, 0.1) is 5.92 Å². The third kappa shape index (κ3) is 4.33. The molecule has 1 fully saturated rings. The Morgan fingerprint density at radius 1 is 1.32 bits per heavy atom. The van der Waals surface area contributed by atoms with Crippen molar-refractivity contribution in [3.63, 3.8) is 0 Å². The summed E-state index contributed by atoms with van der Waals surface area (Å²) in [6.07, 6.45) is 0.886. The molecule has 2 unspecified atom stereocenters. The fourth-order valence-corrected chi connectivity index (χ4v) is 2.80. The van der Waals surface area contributed by atoms with Crippen molar-refractivity contribution in [1.29, 1.82) is 0 Å². The van der Waals surface area contributed by atoms with Gasteiger partial charge in [-0.3, -0.25) is 0 Å². The van der Waals surface area contributed by atoms with E-state index in [1.165, 1.54) is 5.56 Å². The van der Waals surface area contributed by atoms with Crippen LogP contribution >= 0.6 is 0 Å². The second kappa shape index (κ2) is 6.95. The number of amides is 1. The summed E-state index contributed by atoms with van der Waals surface area (Å²) in [5, 5.41) is 0. The number of ether oxygens (including phenoxy) is 1. The smallest absolute Gasteiger partial charge is 0.410 e. The lowest BCUT2D eigenvalue weighted by Crippen LogP contribution is -2.39. The van der Waals surface area contributed by atoms with Gasteiger partial charge in [0.05, 0.1) is 0 Å². The van der Waals surface area contributed by atoms with E-state index in [9.17, 15) is 4.79 Å². The predicted molar refractivity (Wildman–Crippen MR) is 87.9 cm³/mol. The molecule has 0 saturated heterocycles. The highest BCUT2D eigenvalue weighted by molar-refractivity contribution is 5.68. The number of likely N-dealkylation sites (N-methyl/N-ethyl adjacent to an activating group) is 1. The molecule has 0 radical (unpaired) electrons. The molecule has 1 aliphatic rings. The standard InChI is InChI=1S/C17H25NO2.CH2O/c1-13-11-17(13,14-9-7-6-8-10-14)12-18(5)15(19)20-16(2,3)4;1-2/h6-10,13H,11-12H2,1-5H3;1H2. The first-order valence-corrected chi connectivity index (χ1v) is 7.53. The maximum atomic E-state index is 12.1. The van der Waals surface area contributed by atoms with Crippen molar-refractivity contribution in [3.05, 3.63) is 35.9 Å². The molecule has 0 N–H and O–H groups in total. The van der Waals surface area contributed by atoms with Gasteiger partial charge in [-0.05, 0) is 38.7 Å². The number of hydrogen-bond acceptors (Lipinski definition) is 3. The monoisotopic (exact) mass is 305 g/mol. The van der Waals surface area contributed by atoms with Crippen molar-refractivity contribution >= 4 is 12.9 Å². The summed E-state index contributed by atoms with van der Waals surface area (Å²) < 4.78 is 5.43. The minimum absolute atomic E-state index is 0.104. The van der Waals surface area contributed by atoms with Gasteiger partial charge in [-0.25, -0.2) is 4.79 Å². The molecule has 4 nitrogen and oxygen atoms in total. The lowest BCUT2D eigenvalue weighted by atomic mass is 9.93. The van der Waals surface area contributed by atoms with E-state index in [2.05, 4.69) is 31.2 Å². The molecular formula is C18H27NO3. The van der Waals surface area contributed by atoms with Gasteiger partial charge in [0.1, 0.15) is 12.4 Å². The largest absolute Gasteiger partial charge is 0.444 e. The highest BCUT2D eigenvalue weighted by Crippen LogP contribution is 2.54. The average molecular weight is 305 g/mol. The number of nitrogens with zero attached hydrogens (tertiary/aromatic N) is 1. The van der Waals surface area contributed by atoms with E-state index in [0.717, 1.165) is 6.42 Å². The molecule has 1 saturated carbocycles. The molecule has 2 atom stereocenters. The van der Waals surface area contributed by atoms with Gasteiger partial charge in [-0.2, -0.15) is 0 Å². The Hall–Kier alpha value is -1.84. The summed E-state index contributed by atoms with van der Waals surface area (Å²) in [6, 6.07) is 10.5. The molecule has 0 bridgehead atoms. The Bertz CT molecular complexity index is 495. The van der Waals surface area contributed by atoms with Crippen LogP contribution in [0.4, 0.5) is 4.79 Å². The zero-order valence-electron chi connectivity index (χ0n) is 14.3. The Labute approximate surface area is 133 Å². The van der Waals surface area contributed by atoms with Crippen molar-refractivity contribution in [3.8, 4) is 0 Å². The van der Waals surface area contributed by atoms with Crippen LogP contribution in [-0.4, -0.2) is 37.0 Å². The Balaban J connectivity index is 0.00000116. The maximum Gasteiger partial charge on any atom is 0.410 e. The van der Waals surface area contributed by atoms with Gasteiger partial charge in [-0.1, -0.05) is 37.3 Å². The lowest BCUT2D eigenvalue weighted by Gasteiger charge is -2.28. The molecule has 0 aromatic heterocycles. The molecule has 1 aliphatic carbocycles. The van der Waals surface area contributed by atoms with Gasteiger partial charge in [0, 0.05) is 19.0 Å². The molecule has 22 heavy (non-hydrogen) atoms.